The van der Waals surface area contributed by atoms with Crippen molar-refractivity contribution >= 4 is 39.0 Å². The Morgan fingerprint density at radius 1 is 0.912 bits per heavy atom. The van der Waals surface area contributed by atoms with E-state index in [2.05, 4.69) is 16.9 Å². The van der Waals surface area contributed by atoms with Gasteiger partial charge in [0.05, 0.1) is 25.8 Å². The number of esters is 1. The number of methoxy groups -OCH3 is 1. The third kappa shape index (κ3) is 4.71. The van der Waals surface area contributed by atoms with E-state index in [4.69, 9.17) is 9.47 Å². The van der Waals surface area contributed by atoms with Gasteiger partial charge in [0.2, 0.25) is 5.72 Å². The van der Waals surface area contributed by atoms with Crippen LogP contribution in [-0.4, -0.2) is 36.3 Å². The SMILES string of the molecule is CCOc1ccc(C(=O)CC(O)(NNc2c3ccccc3cc3ccccc23)C(=O)OC)cc1. The molecule has 0 amide bonds. The number of hydrazine groups is 1. The van der Waals surface area contributed by atoms with Crippen LogP contribution in [0.25, 0.3) is 21.5 Å². The first-order valence-electron chi connectivity index (χ1n) is 11.0. The molecule has 7 nitrogen and oxygen atoms in total. The summed E-state index contributed by atoms with van der Waals surface area (Å²) in [4.78, 5) is 25.5. The number of ether oxygens (including phenoxy) is 2. The fourth-order valence-electron chi connectivity index (χ4n) is 3.89. The van der Waals surface area contributed by atoms with E-state index in [-0.39, 0.29) is 0 Å². The molecule has 0 saturated carbocycles. The van der Waals surface area contributed by atoms with E-state index in [9.17, 15) is 14.7 Å². The van der Waals surface area contributed by atoms with Crippen LogP contribution in [0.3, 0.4) is 0 Å². The van der Waals surface area contributed by atoms with Gasteiger partial charge in [-0.25, -0.2) is 4.79 Å². The van der Waals surface area contributed by atoms with E-state index in [1.54, 1.807) is 24.3 Å². The second-order valence-corrected chi connectivity index (χ2v) is 7.85. The lowest BCUT2D eigenvalue weighted by Gasteiger charge is -2.27. The van der Waals surface area contributed by atoms with Crippen molar-refractivity contribution in [3.63, 3.8) is 0 Å². The highest BCUT2D eigenvalue weighted by molar-refractivity contribution is 6.11. The highest BCUT2D eigenvalue weighted by Crippen LogP contribution is 2.32. The van der Waals surface area contributed by atoms with E-state index < -0.39 is 23.9 Å². The second-order valence-electron chi connectivity index (χ2n) is 7.85. The zero-order chi connectivity index (χ0) is 24.1. The molecule has 4 aromatic rings. The fourth-order valence-corrected chi connectivity index (χ4v) is 3.89. The minimum absolute atomic E-state index is 0.336. The maximum Gasteiger partial charge on any atom is 0.355 e. The van der Waals surface area contributed by atoms with Crippen molar-refractivity contribution in [3.8, 4) is 5.75 Å². The van der Waals surface area contributed by atoms with Gasteiger partial charge in [-0.1, -0.05) is 48.5 Å². The lowest BCUT2D eigenvalue weighted by atomic mass is 10.0. The van der Waals surface area contributed by atoms with Gasteiger partial charge in [-0.15, -0.1) is 0 Å². The number of rotatable bonds is 9. The van der Waals surface area contributed by atoms with Gasteiger partial charge in [-0.05, 0) is 48.0 Å². The van der Waals surface area contributed by atoms with Crippen molar-refractivity contribution < 1.29 is 24.2 Å². The number of fused-ring (bicyclic) bond motifs is 2. The summed E-state index contributed by atoms with van der Waals surface area (Å²) in [7, 11) is 1.16. The van der Waals surface area contributed by atoms with Crippen LogP contribution < -0.4 is 15.6 Å². The molecule has 0 bridgehead atoms. The summed E-state index contributed by atoms with van der Waals surface area (Å²) in [6, 6.07) is 24.1. The molecule has 0 spiro atoms. The molecule has 0 heterocycles. The normalized spacial score (nSPS) is 12.8. The van der Waals surface area contributed by atoms with Gasteiger partial charge in [0.25, 0.3) is 0 Å². The van der Waals surface area contributed by atoms with Crippen LogP contribution in [0, 0.1) is 0 Å². The molecular weight excluding hydrogens is 432 g/mol. The number of hydrogen-bond acceptors (Lipinski definition) is 7. The maximum absolute atomic E-state index is 12.9. The van der Waals surface area contributed by atoms with Crippen molar-refractivity contribution in [2.75, 3.05) is 19.1 Å². The van der Waals surface area contributed by atoms with Gasteiger partial charge >= 0.3 is 5.97 Å². The summed E-state index contributed by atoms with van der Waals surface area (Å²) in [5, 5.41) is 14.9. The minimum Gasteiger partial charge on any atom is -0.494 e. The molecule has 4 rings (SSSR count). The van der Waals surface area contributed by atoms with Crippen LogP contribution in [0.15, 0.2) is 78.9 Å². The number of hydrogen-bond donors (Lipinski definition) is 3. The van der Waals surface area contributed by atoms with Crippen molar-refractivity contribution in [2.24, 2.45) is 0 Å². The molecule has 0 fully saturated rings. The number of nitrogens with one attached hydrogen (secondary N) is 2. The summed E-state index contributed by atoms with van der Waals surface area (Å²) in [5.41, 5.74) is 4.37. The summed E-state index contributed by atoms with van der Waals surface area (Å²) in [6.45, 7) is 2.38. The highest BCUT2D eigenvalue weighted by Gasteiger charge is 2.40. The van der Waals surface area contributed by atoms with Crippen molar-refractivity contribution in [1.29, 1.82) is 0 Å². The number of anilines is 1. The van der Waals surface area contributed by atoms with Gasteiger partial charge in [0, 0.05) is 16.3 Å². The molecule has 0 aliphatic carbocycles. The quantitative estimate of drug-likeness (QED) is 0.112. The molecular formula is C27H26N2O5. The highest BCUT2D eigenvalue weighted by atomic mass is 16.5. The molecule has 7 heteroatoms. The standard InChI is InChI=1S/C27H26N2O5/c1-3-34-21-14-12-18(13-15-21)24(30)17-27(32,26(31)33-2)29-28-25-22-10-6-4-8-19(22)16-20-9-5-7-11-23(20)25/h4-16,28-29,32H,3,17H2,1-2H3. The Labute approximate surface area is 197 Å². The molecule has 0 aromatic heterocycles. The van der Waals surface area contributed by atoms with Crippen LogP contribution in [0.1, 0.15) is 23.7 Å². The lowest BCUT2D eigenvalue weighted by Crippen LogP contribution is -2.56. The average Bonchev–Trinajstić information content (AvgIpc) is 2.86. The third-order valence-corrected chi connectivity index (χ3v) is 5.59. The van der Waals surface area contributed by atoms with Crippen LogP contribution in [0.4, 0.5) is 5.69 Å². The molecule has 0 aliphatic rings. The summed E-state index contributed by atoms with van der Waals surface area (Å²) in [6.07, 6.45) is -0.538. The largest absolute Gasteiger partial charge is 0.494 e. The van der Waals surface area contributed by atoms with Crippen molar-refractivity contribution in [3.05, 3.63) is 84.4 Å². The number of ketones is 1. The zero-order valence-electron chi connectivity index (χ0n) is 19.0. The minimum atomic E-state index is -2.30. The fraction of sp³-hybridized carbons (Fsp3) is 0.185. The van der Waals surface area contributed by atoms with Crippen LogP contribution in [-0.2, 0) is 9.53 Å². The van der Waals surface area contributed by atoms with E-state index in [1.165, 1.54) is 0 Å². The Balaban J connectivity index is 1.63. The molecule has 0 aliphatic heterocycles. The van der Waals surface area contributed by atoms with E-state index in [0.717, 1.165) is 28.7 Å². The molecule has 0 saturated heterocycles. The zero-order valence-corrected chi connectivity index (χ0v) is 19.0. The van der Waals surface area contributed by atoms with E-state index >= 15 is 0 Å². The topological polar surface area (TPSA) is 96.9 Å². The van der Waals surface area contributed by atoms with Gasteiger partial charge in [-0.2, -0.15) is 5.43 Å². The van der Waals surface area contributed by atoms with Crippen LogP contribution in [0.2, 0.25) is 0 Å². The smallest absolute Gasteiger partial charge is 0.355 e. The van der Waals surface area contributed by atoms with Crippen molar-refractivity contribution in [1.82, 2.24) is 5.43 Å². The number of Topliss-reactive ketones (excluding diaryl/α,β-unsaturated/α-hetero) is 1. The Kier molecular flexibility index (Phi) is 6.77. The maximum atomic E-state index is 12.9. The number of carbonyl (C=O) groups excluding carboxylic acids is 2. The summed E-state index contributed by atoms with van der Waals surface area (Å²) < 4.78 is 10.2. The van der Waals surface area contributed by atoms with Crippen LogP contribution in [0.5, 0.6) is 5.75 Å². The molecule has 4 aromatic carbocycles. The number of carbonyl (C=O) groups is 2. The molecule has 1 atom stereocenters. The van der Waals surface area contributed by atoms with E-state index in [1.807, 2.05) is 55.5 Å². The predicted octanol–water partition coefficient (Wildman–Crippen LogP) is 4.44. The number of aliphatic hydroxyl groups is 1. The molecule has 1 unspecified atom stereocenters. The Hall–Kier alpha value is -3.94. The van der Waals surface area contributed by atoms with Crippen LogP contribution >= 0.6 is 0 Å². The van der Waals surface area contributed by atoms with Crippen molar-refractivity contribution in [2.45, 2.75) is 19.1 Å². The molecule has 0 radical (unpaired) electrons. The first-order chi connectivity index (χ1) is 16.4. The summed E-state index contributed by atoms with van der Waals surface area (Å²) >= 11 is 0. The summed E-state index contributed by atoms with van der Waals surface area (Å²) in [5.74, 6) is -0.790. The first kappa shape index (κ1) is 23.2. The molecule has 3 N–H and O–H groups in total. The lowest BCUT2D eigenvalue weighted by molar-refractivity contribution is -0.165. The predicted molar refractivity (Wildman–Crippen MR) is 132 cm³/mol. The third-order valence-electron chi connectivity index (χ3n) is 5.59. The van der Waals surface area contributed by atoms with Gasteiger partial charge in [0.15, 0.2) is 5.78 Å². The Morgan fingerprint density at radius 2 is 1.50 bits per heavy atom. The monoisotopic (exact) mass is 458 g/mol. The van der Waals surface area contributed by atoms with Gasteiger partial charge in [-0.3, -0.25) is 4.79 Å². The first-order valence-corrected chi connectivity index (χ1v) is 11.0. The van der Waals surface area contributed by atoms with E-state index in [0.29, 0.717) is 23.6 Å². The Bertz CT molecular complexity index is 1280. The Morgan fingerprint density at radius 3 is 2.06 bits per heavy atom. The number of benzene rings is 4. The molecule has 174 valence electrons. The van der Waals surface area contributed by atoms with Gasteiger partial charge in [0.1, 0.15) is 5.75 Å². The van der Waals surface area contributed by atoms with Gasteiger partial charge < -0.3 is 20.0 Å². The molecule has 34 heavy (non-hydrogen) atoms. The second kappa shape index (κ2) is 9.91. The average molecular weight is 459 g/mol.